The fraction of sp³-hybridized carbons (Fsp3) is 0.118. The molecule has 0 bridgehead atoms. The van der Waals surface area contributed by atoms with Gasteiger partial charge in [-0.3, -0.25) is 0 Å². The zero-order valence-electron chi connectivity index (χ0n) is 12.1. The average Bonchev–Trinajstić information content (AvgIpc) is 2.98. The molecular weight excluding hydrogens is 298 g/mol. The summed E-state index contributed by atoms with van der Waals surface area (Å²) in [5.41, 5.74) is 1.98. The van der Waals surface area contributed by atoms with Gasteiger partial charge in [-0.2, -0.15) is 0 Å². The van der Waals surface area contributed by atoms with Crippen LogP contribution in [0.3, 0.4) is 0 Å². The molecule has 0 aliphatic heterocycles. The topological polar surface area (TPSA) is 60.2 Å². The lowest BCUT2D eigenvalue weighted by Gasteiger charge is -2.04. The van der Waals surface area contributed by atoms with Gasteiger partial charge in [-0.1, -0.05) is 48.0 Å². The molecule has 0 N–H and O–H groups in total. The van der Waals surface area contributed by atoms with Crippen LogP contribution in [0.2, 0.25) is 0 Å². The molecule has 0 atom stereocenters. The van der Waals surface area contributed by atoms with Crippen molar-refractivity contribution >= 4 is 9.84 Å². The van der Waals surface area contributed by atoms with E-state index in [1.807, 2.05) is 37.3 Å². The third-order valence-electron chi connectivity index (χ3n) is 3.40. The van der Waals surface area contributed by atoms with Crippen LogP contribution in [0.5, 0.6) is 0 Å². The third kappa shape index (κ3) is 2.80. The molecule has 3 rings (SSSR count). The zero-order chi connectivity index (χ0) is 15.6. The highest BCUT2D eigenvalue weighted by molar-refractivity contribution is 7.91. The number of hydrogen-bond donors (Lipinski definition) is 0. The lowest BCUT2D eigenvalue weighted by molar-refractivity contribution is 0.506. The summed E-state index contributed by atoms with van der Waals surface area (Å²) in [6, 6.07) is 16.3. The van der Waals surface area contributed by atoms with E-state index >= 15 is 0 Å². The molecule has 1 aromatic heterocycles. The minimum atomic E-state index is -3.67. The predicted molar refractivity (Wildman–Crippen MR) is 82.4 cm³/mol. The maximum atomic E-state index is 12.7. The van der Waals surface area contributed by atoms with E-state index in [0.29, 0.717) is 12.2 Å². The van der Waals surface area contributed by atoms with Gasteiger partial charge in [0.2, 0.25) is 14.9 Å². The third-order valence-corrected chi connectivity index (χ3v) is 5.13. The molecular formula is C17H15NO3S. The number of hydrogen-bond acceptors (Lipinski definition) is 4. The molecule has 22 heavy (non-hydrogen) atoms. The normalized spacial score (nSPS) is 11.5. The highest BCUT2D eigenvalue weighted by atomic mass is 32.2. The summed E-state index contributed by atoms with van der Waals surface area (Å²) in [6.45, 7) is 1.91. The molecule has 0 spiro atoms. The van der Waals surface area contributed by atoms with E-state index in [1.165, 1.54) is 6.39 Å². The molecule has 0 aliphatic carbocycles. The summed E-state index contributed by atoms with van der Waals surface area (Å²) in [5.74, 6) is 0.353. The summed E-state index contributed by atoms with van der Waals surface area (Å²) in [6.07, 6.45) is 1.57. The predicted octanol–water partition coefficient (Wildman–Crippen LogP) is 3.41. The zero-order valence-corrected chi connectivity index (χ0v) is 12.9. The van der Waals surface area contributed by atoms with Gasteiger partial charge in [-0.25, -0.2) is 13.4 Å². The van der Waals surface area contributed by atoms with Gasteiger partial charge in [0, 0.05) is 6.42 Å². The average molecular weight is 313 g/mol. The highest BCUT2D eigenvalue weighted by Gasteiger charge is 2.25. The van der Waals surface area contributed by atoms with Crippen LogP contribution in [0.1, 0.15) is 16.9 Å². The lowest BCUT2D eigenvalue weighted by atomic mass is 10.1. The van der Waals surface area contributed by atoms with Gasteiger partial charge in [-0.05, 0) is 24.6 Å². The molecule has 0 fully saturated rings. The standard InChI is InChI=1S/C17H15NO3S/c1-13-7-9-15(10-8-13)22(19,20)17-16(21-12-18-17)11-14-5-3-2-4-6-14/h2-10,12H,11H2,1H3. The van der Waals surface area contributed by atoms with Gasteiger partial charge in [0.15, 0.2) is 6.39 Å². The molecule has 112 valence electrons. The van der Waals surface area contributed by atoms with E-state index in [2.05, 4.69) is 4.98 Å². The van der Waals surface area contributed by atoms with E-state index in [9.17, 15) is 8.42 Å². The SMILES string of the molecule is Cc1ccc(S(=O)(=O)c2ncoc2Cc2ccccc2)cc1. The van der Waals surface area contributed by atoms with Gasteiger partial charge in [0.1, 0.15) is 5.76 Å². The molecule has 0 unspecified atom stereocenters. The summed E-state index contributed by atoms with van der Waals surface area (Å²) in [4.78, 5) is 4.15. The molecule has 0 aliphatic rings. The van der Waals surface area contributed by atoms with Crippen LogP contribution < -0.4 is 0 Å². The van der Waals surface area contributed by atoms with Crippen LogP contribution in [0.15, 0.2) is 75.3 Å². The van der Waals surface area contributed by atoms with Crippen LogP contribution in [0.25, 0.3) is 0 Å². The van der Waals surface area contributed by atoms with Crippen LogP contribution in [0.4, 0.5) is 0 Å². The molecule has 1 heterocycles. The van der Waals surface area contributed by atoms with Crippen LogP contribution in [0, 0.1) is 6.92 Å². The van der Waals surface area contributed by atoms with Gasteiger partial charge >= 0.3 is 0 Å². The Morgan fingerprint density at radius 1 is 1.00 bits per heavy atom. The molecule has 4 nitrogen and oxygen atoms in total. The highest BCUT2D eigenvalue weighted by Crippen LogP contribution is 2.24. The first-order valence-electron chi connectivity index (χ1n) is 6.85. The minimum absolute atomic E-state index is 0.0137. The van der Waals surface area contributed by atoms with Crippen molar-refractivity contribution in [1.29, 1.82) is 0 Å². The molecule has 2 aromatic carbocycles. The van der Waals surface area contributed by atoms with Crippen molar-refractivity contribution in [2.45, 2.75) is 23.3 Å². The van der Waals surface area contributed by atoms with Gasteiger partial charge in [-0.15, -0.1) is 0 Å². The first-order chi connectivity index (χ1) is 10.6. The van der Waals surface area contributed by atoms with E-state index < -0.39 is 9.84 Å². The second-order valence-corrected chi connectivity index (χ2v) is 6.92. The second-order valence-electron chi connectivity index (χ2n) is 5.06. The summed E-state index contributed by atoms with van der Waals surface area (Å²) in [5, 5.41) is -0.0137. The molecule has 0 saturated carbocycles. The van der Waals surface area contributed by atoms with Crippen molar-refractivity contribution in [3.8, 4) is 0 Å². The Kier molecular flexibility index (Phi) is 3.81. The minimum Gasteiger partial charge on any atom is -0.447 e. The van der Waals surface area contributed by atoms with Gasteiger partial charge in [0.05, 0.1) is 4.90 Å². The maximum absolute atomic E-state index is 12.7. The van der Waals surface area contributed by atoms with E-state index in [4.69, 9.17) is 4.42 Å². The van der Waals surface area contributed by atoms with Gasteiger partial charge < -0.3 is 4.42 Å². The fourth-order valence-corrected chi connectivity index (χ4v) is 3.53. The number of oxazole rings is 1. The van der Waals surface area contributed by atoms with E-state index in [1.54, 1.807) is 24.3 Å². The number of sulfone groups is 1. The first-order valence-corrected chi connectivity index (χ1v) is 8.34. The molecule has 0 radical (unpaired) electrons. The monoisotopic (exact) mass is 313 g/mol. The Labute approximate surface area is 129 Å². The summed E-state index contributed by atoms with van der Waals surface area (Å²) >= 11 is 0. The number of aryl methyl sites for hydroxylation is 1. The number of aromatic nitrogens is 1. The largest absolute Gasteiger partial charge is 0.447 e. The number of benzene rings is 2. The van der Waals surface area contributed by atoms with Crippen molar-refractivity contribution in [3.63, 3.8) is 0 Å². The van der Waals surface area contributed by atoms with E-state index in [0.717, 1.165) is 11.1 Å². The quantitative estimate of drug-likeness (QED) is 0.740. The number of rotatable bonds is 4. The van der Waals surface area contributed by atoms with Crippen LogP contribution >= 0.6 is 0 Å². The van der Waals surface area contributed by atoms with Crippen molar-refractivity contribution in [1.82, 2.24) is 4.98 Å². The Hall–Kier alpha value is -2.40. The van der Waals surface area contributed by atoms with Crippen LogP contribution in [-0.2, 0) is 16.3 Å². The molecule has 5 heteroatoms. The van der Waals surface area contributed by atoms with Crippen molar-refractivity contribution < 1.29 is 12.8 Å². The second kappa shape index (κ2) is 5.77. The molecule has 0 saturated heterocycles. The molecule has 0 amide bonds. The Morgan fingerprint density at radius 2 is 1.68 bits per heavy atom. The van der Waals surface area contributed by atoms with Crippen molar-refractivity contribution in [2.75, 3.05) is 0 Å². The first kappa shape index (κ1) is 14.5. The summed E-state index contributed by atoms with van der Waals surface area (Å²) in [7, 11) is -3.67. The number of nitrogens with zero attached hydrogens (tertiary/aromatic N) is 1. The smallest absolute Gasteiger partial charge is 0.227 e. The van der Waals surface area contributed by atoms with E-state index in [-0.39, 0.29) is 9.92 Å². The van der Waals surface area contributed by atoms with Gasteiger partial charge in [0.25, 0.3) is 0 Å². The Bertz CT molecular complexity index is 866. The van der Waals surface area contributed by atoms with Crippen molar-refractivity contribution in [2.24, 2.45) is 0 Å². The molecule has 3 aromatic rings. The maximum Gasteiger partial charge on any atom is 0.227 e. The lowest BCUT2D eigenvalue weighted by Crippen LogP contribution is -2.05. The van der Waals surface area contributed by atoms with Crippen LogP contribution in [-0.4, -0.2) is 13.4 Å². The Morgan fingerprint density at radius 3 is 2.36 bits per heavy atom. The summed E-state index contributed by atoms with van der Waals surface area (Å²) < 4.78 is 30.7. The fourth-order valence-electron chi connectivity index (χ4n) is 2.21. The van der Waals surface area contributed by atoms with Crippen molar-refractivity contribution in [3.05, 3.63) is 77.9 Å². The Balaban J connectivity index is 1.99.